The van der Waals surface area contributed by atoms with Gasteiger partial charge < -0.3 is 49.6 Å². The maximum Gasteiger partial charge on any atom is 0.407 e. The fraction of sp³-hybridized carbons (Fsp3) is 0.812. The third-order valence-electron chi connectivity index (χ3n) is 6.63. The molecule has 1 aliphatic heterocycles. The van der Waals surface area contributed by atoms with Crippen molar-refractivity contribution in [1.82, 2.24) is 20.9 Å². The first kappa shape index (κ1) is 42.5. The highest BCUT2D eigenvalue weighted by Crippen LogP contribution is 2.21. The monoisotopic (exact) mass is 688 g/mol. The summed E-state index contributed by atoms with van der Waals surface area (Å²) in [6.07, 6.45) is -0.279. The highest BCUT2D eigenvalue weighted by molar-refractivity contribution is 5.95. The van der Waals surface area contributed by atoms with Crippen molar-refractivity contribution in [2.75, 3.05) is 52.7 Å². The van der Waals surface area contributed by atoms with Crippen LogP contribution in [0, 0.1) is 5.92 Å². The summed E-state index contributed by atoms with van der Waals surface area (Å²) >= 11 is 0. The second kappa shape index (κ2) is 20.8. The molecule has 1 fully saturated rings. The number of aliphatic carboxylic acids is 1. The Kier molecular flexibility index (Phi) is 18.4. The first-order valence-corrected chi connectivity index (χ1v) is 16.4. The van der Waals surface area contributed by atoms with Crippen molar-refractivity contribution < 1.29 is 57.6 Å². The molecule has 0 spiro atoms. The van der Waals surface area contributed by atoms with Gasteiger partial charge in [0.15, 0.2) is 0 Å². The lowest BCUT2D eigenvalue weighted by molar-refractivity contribution is -0.158. The summed E-state index contributed by atoms with van der Waals surface area (Å²) in [6, 6.07) is -3.38. The molecule has 48 heavy (non-hydrogen) atoms. The van der Waals surface area contributed by atoms with E-state index in [-0.39, 0.29) is 38.7 Å². The first-order chi connectivity index (χ1) is 22.3. The lowest BCUT2D eigenvalue weighted by Gasteiger charge is -2.30. The summed E-state index contributed by atoms with van der Waals surface area (Å²) in [5.41, 5.74) is -1.40. The van der Waals surface area contributed by atoms with Gasteiger partial charge in [0.25, 0.3) is 0 Å². The van der Waals surface area contributed by atoms with Crippen LogP contribution in [0.4, 0.5) is 4.79 Å². The molecule has 16 nitrogen and oxygen atoms in total. The minimum atomic E-state index is -1.30. The number of hydrogen-bond donors (Lipinski definition) is 4. The standard InChI is InChI=1S/C32H56N4O12/c1-21(2)26(29(41)42)35-27(39)23-10-9-13-36(23)28(40)22(20-25(38)47-31(3,4)5)34-24(37)11-14-44-16-18-46-19-17-45-15-12-33-30(43)48-32(6,7)8/h21-23,26H,9-20H2,1-8H3,(H,33,43)(H,34,37)(H,35,39)(H,41,42)/t22-,23-,26-/m0/s1. The van der Waals surface area contributed by atoms with Gasteiger partial charge in [-0.3, -0.25) is 19.2 Å². The molecular formula is C32H56N4O12. The third kappa shape index (κ3) is 18.2. The van der Waals surface area contributed by atoms with E-state index in [1.165, 1.54) is 4.90 Å². The largest absolute Gasteiger partial charge is 0.480 e. The predicted molar refractivity (Wildman–Crippen MR) is 173 cm³/mol. The summed E-state index contributed by atoms with van der Waals surface area (Å²) in [7, 11) is 0. The van der Waals surface area contributed by atoms with Gasteiger partial charge in [-0.15, -0.1) is 0 Å². The van der Waals surface area contributed by atoms with Crippen LogP contribution in [-0.4, -0.2) is 128 Å². The van der Waals surface area contributed by atoms with Crippen molar-refractivity contribution in [3.8, 4) is 0 Å². The van der Waals surface area contributed by atoms with Gasteiger partial charge in [0.2, 0.25) is 17.7 Å². The molecule has 1 saturated heterocycles. The number of carbonyl (C=O) groups excluding carboxylic acids is 5. The van der Waals surface area contributed by atoms with E-state index in [9.17, 15) is 33.9 Å². The molecule has 16 heteroatoms. The van der Waals surface area contributed by atoms with Gasteiger partial charge in [0.1, 0.15) is 29.3 Å². The highest BCUT2D eigenvalue weighted by atomic mass is 16.6. The summed E-state index contributed by atoms with van der Waals surface area (Å²) in [6.45, 7) is 15.5. The molecule has 0 aromatic heterocycles. The number of carbonyl (C=O) groups is 6. The van der Waals surface area contributed by atoms with E-state index in [2.05, 4.69) is 16.0 Å². The minimum Gasteiger partial charge on any atom is -0.480 e. The van der Waals surface area contributed by atoms with Crippen molar-refractivity contribution in [2.45, 2.75) is 110 Å². The Morgan fingerprint density at radius 1 is 0.812 bits per heavy atom. The van der Waals surface area contributed by atoms with Crippen LogP contribution >= 0.6 is 0 Å². The maximum absolute atomic E-state index is 13.6. The van der Waals surface area contributed by atoms with E-state index in [0.717, 1.165) is 0 Å². The lowest BCUT2D eigenvalue weighted by atomic mass is 10.0. The molecule has 0 saturated carbocycles. The SMILES string of the molecule is CC(C)[C@H](NC(=O)[C@@H]1CCCN1C(=O)[C@H](CC(=O)OC(C)(C)C)NC(=O)CCOCCOCCOCCNC(=O)OC(C)(C)C)C(=O)O. The fourth-order valence-corrected chi connectivity index (χ4v) is 4.53. The van der Waals surface area contributed by atoms with Crippen LogP contribution in [-0.2, 0) is 47.7 Å². The van der Waals surface area contributed by atoms with Crippen LogP contribution in [0.1, 0.15) is 81.1 Å². The summed E-state index contributed by atoms with van der Waals surface area (Å²) in [5.74, 6) is -4.07. The topological polar surface area (TPSA) is 208 Å². The van der Waals surface area contributed by atoms with Gasteiger partial charge in [-0.05, 0) is 60.3 Å². The molecule has 0 bridgehead atoms. The number of ether oxygens (including phenoxy) is 5. The first-order valence-electron chi connectivity index (χ1n) is 16.4. The van der Waals surface area contributed by atoms with Crippen molar-refractivity contribution in [2.24, 2.45) is 5.92 Å². The normalized spacial score (nSPS) is 16.2. The molecule has 4 amide bonds. The molecule has 276 valence electrons. The third-order valence-corrected chi connectivity index (χ3v) is 6.63. The Balaban J connectivity index is 2.54. The van der Waals surface area contributed by atoms with Crippen LogP contribution < -0.4 is 16.0 Å². The average Bonchev–Trinajstić information content (AvgIpc) is 3.43. The van der Waals surface area contributed by atoms with E-state index in [4.69, 9.17) is 23.7 Å². The molecule has 3 atom stereocenters. The van der Waals surface area contributed by atoms with Crippen LogP contribution in [0.3, 0.4) is 0 Å². The molecule has 0 aromatic carbocycles. The van der Waals surface area contributed by atoms with Crippen LogP contribution in [0.25, 0.3) is 0 Å². The molecule has 4 N–H and O–H groups in total. The predicted octanol–water partition coefficient (Wildman–Crippen LogP) is 1.38. The highest BCUT2D eigenvalue weighted by Gasteiger charge is 2.40. The summed E-state index contributed by atoms with van der Waals surface area (Å²) in [4.78, 5) is 76.5. The summed E-state index contributed by atoms with van der Waals surface area (Å²) < 4.78 is 26.7. The number of alkyl carbamates (subject to hydrolysis) is 1. The van der Waals surface area contributed by atoms with Gasteiger partial charge in [-0.1, -0.05) is 13.8 Å². The van der Waals surface area contributed by atoms with Gasteiger partial charge in [-0.25, -0.2) is 9.59 Å². The molecule has 0 radical (unpaired) electrons. The number of nitrogens with one attached hydrogen (secondary N) is 3. The second-order valence-electron chi connectivity index (χ2n) is 13.7. The minimum absolute atomic E-state index is 0.0237. The number of amides is 4. The smallest absolute Gasteiger partial charge is 0.407 e. The van der Waals surface area contributed by atoms with Crippen molar-refractivity contribution in [3.05, 3.63) is 0 Å². The number of nitrogens with zero attached hydrogens (tertiary/aromatic N) is 1. The molecule has 1 aliphatic rings. The van der Waals surface area contributed by atoms with E-state index >= 15 is 0 Å². The van der Waals surface area contributed by atoms with Gasteiger partial charge >= 0.3 is 18.0 Å². The molecule has 0 aliphatic carbocycles. The zero-order valence-electron chi connectivity index (χ0n) is 29.7. The Hall–Kier alpha value is -3.50. The van der Waals surface area contributed by atoms with Crippen LogP contribution in [0.5, 0.6) is 0 Å². The molecule has 1 rings (SSSR count). The number of carboxylic acid groups (broad SMARTS) is 1. The summed E-state index contributed by atoms with van der Waals surface area (Å²) in [5, 5.41) is 17.1. The van der Waals surface area contributed by atoms with Crippen molar-refractivity contribution >= 4 is 35.8 Å². The Morgan fingerprint density at radius 2 is 1.38 bits per heavy atom. The Labute approximate surface area is 283 Å². The van der Waals surface area contributed by atoms with Crippen LogP contribution in [0.15, 0.2) is 0 Å². The van der Waals surface area contributed by atoms with Crippen molar-refractivity contribution in [3.63, 3.8) is 0 Å². The second-order valence-corrected chi connectivity index (χ2v) is 13.7. The van der Waals surface area contributed by atoms with E-state index in [0.29, 0.717) is 39.2 Å². The molecule has 1 heterocycles. The van der Waals surface area contributed by atoms with Crippen LogP contribution in [0.2, 0.25) is 0 Å². The van der Waals surface area contributed by atoms with Gasteiger partial charge in [0, 0.05) is 19.5 Å². The number of hydrogen-bond acceptors (Lipinski definition) is 11. The van der Waals surface area contributed by atoms with E-state index in [1.54, 1.807) is 55.4 Å². The average molecular weight is 689 g/mol. The maximum atomic E-state index is 13.6. The lowest BCUT2D eigenvalue weighted by Crippen LogP contribution is -2.56. The zero-order valence-corrected chi connectivity index (χ0v) is 29.7. The number of rotatable bonds is 20. The van der Waals surface area contributed by atoms with Crippen molar-refractivity contribution in [1.29, 1.82) is 0 Å². The number of likely N-dealkylation sites (tertiary alicyclic amines) is 1. The number of esters is 1. The van der Waals surface area contributed by atoms with E-state index in [1.807, 2.05) is 0 Å². The van der Waals surface area contributed by atoms with E-state index < -0.39 is 71.5 Å². The molecular weight excluding hydrogens is 632 g/mol. The Bertz CT molecular complexity index is 1070. The molecule has 0 unspecified atom stereocenters. The zero-order chi connectivity index (χ0) is 36.5. The van der Waals surface area contributed by atoms with Gasteiger partial charge in [-0.2, -0.15) is 0 Å². The Morgan fingerprint density at radius 3 is 1.92 bits per heavy atom. The van der Waals surface area contributed by atoms with Gasteiger partial charge in [0.05, 0.1) is 46.1 Å². The number of carboxylic acids is 1. The quantitative estimate of drug-likeness (QED) is 0.106. The fourth-order valence-electron chi connectivity index (χ4n) is 4.53. The molecule has 0 aromatic rings.